The van der Waals surface area contributed by atoms with Crippen LogP contribution in [0.4, 0.5) is 0 Å². The SMILES string of the molecule is CCc1cccc(C(O)c2cc(Cl)ccc2C)c1. The summed E-state index contributed by atoms with van der Waals surface area (Å²) in [5.41, 5.74) is 4.07. The highest BCUT2D eigenvalue weighted by atomic mass is 35.5. The maximum atomic E-state index is 10.5. The van der Waals surface area contributed by atoms with Crippen molar-refractivity contribution in [2.75, 3.05) is 0 Å². The molecular weight excluding hydrogens is 244 g/mol. The molecule has 94 valence electrons. The van der Waals surface area contributed by atoms with Gasteiger partial charge in [-0.3, -0.25) is 0 Å². The average Bonchev–Trinajstić information content (AvgIpc) is 2.41. The lowest BCUT2D eigenvalue weighted by Crippen LogP contribution is -2.02. The molecule has 0 radical (unpaired) electrons. The molecule has 0 saturated heterocycles. The molecule has 0 amide bonds. The van der Waals surface area contributed by atoms with Gasteiger partial charge in [-0.2, -0.15) is 0 Å². The summed E-state index contributed by atoms with van der Waals surface area (Å²) < 4.78 is 0. The minimum Gasteiger partial charge on any atom is -0.384 e. The van der Waals surface area contributed by atoms with Crippen molar-refractivity contribution >= 4 is 11.6 Å². The van der Waals surface area contributed by atoms with Crippen molar-refractivity contribution in [2.45, 2.75) is 26.4 Å². The normalized spacial score (nSPS) is 12.4. The van der Waals surface area contributed by atoms with Crippen molar-refractivity contribution in [1.29, 1.82) is 0 Å². The first-order valence-corrected chi connectivity index (χ1v) is 6.52. The van der Waals surface area contributed by atoms with Crippen molar-refractivity contribution < 1.29 is 5.11 Å². The standard InChI is InChI=1S/C16H17ClO/c1-3-12-5-4-6-13(9-12)16(18)15-10-14(17)8-7-11(15)2/h4-10,16,18H,3H2,1-2H3. The van der Waals surface area contributed by atoms with Crippen LogP contribution < -0.4 is 0 Å². The molecule has 0 aliphatic rings. The first-order chi connectivity index (χ1) is 8.61. The Morgan fingerprint density at radius 2 is 1.94 bits per heavy atom. The Labute approximate surface area is 113 Å². The molecule has 0 fully saturated rings. The lowest BCUT2D eigenvalue weighted by molar-refractivity contribution is 0.219. The molecule has 0 aliphatic carbocycles. The van der Waals surface area contributed by atoms with Gasteiger partial charge in [-0.15, -0.1) is 0 Å². The first-order valence-electron chi connectivity index (χ1n) is 6.14. The summed E-state index contributed by atoms with van der Waals surface area (Å²) in [5, 5.41) is 11.1. The quantitative estimate of drug-likeness (QED) is 0.873. The Hall–Kier alpha value is -1.31. The second kappa shape index (κ2) is 5.55. The molecule has 0 aliphatic heterocycles. The van der Waals surface area contributed by atoms with Crippen molar-refractivity contribution in [3.63, 3.8) is 0 Å². The monoisotopic (exact) mass is 260 g/mol. The Morgan fingerprint density at radius 1 is 1.17 bits per heavy atom. The van der Waals surface area contributed by atoms with Gasteiger partial charge in [0, 0.05) is 5.02 Å². The van der Waals surface area contributed by atoms with Crippen LogP contribution in [0.5, 0.6) is 0 Å². The van der Waals surface area contributed by atoms with E-state index < -0.39 is 6.10 Å². The molecule has 1 nitrogen and oxygen atoms in total. The molecule has 0 saturated carbocycles. The molecule has 2 heteroatoms. The predicted octanol–water partition coefficient (Wildman–Crippen LogP) is 4.29. The van der Waals surface area contributed by atoms with E-state index in [-0.39, 0.29) is 0 Å². The Kier molecular flexibility index (Phi) is 4.05. The predicted molar refractivity (Wildman–Crippen MR) is 76.1 cm³/mol. The van der Waals surface area contributed by atoms with Crippen molar-refractivity contribution in [2.24, 2.45) is 0 Å². The van der Waals surface area contributed by atoms with Gasteiger partial charge in [-0.25, -0.2) is 0 Å². The highest BCUT2D eigenvalue weighted by Crippen LogP contribution is 2.27. The number of hydrogen-bond acceptors (Lipinski definition) is 1. The minimum atomic E-state index is -0.616. The molecule has 18 heavy (non-hydrogen) atoms. The van der Waals surface area contributed by atoms with E-state index in [1.165, 1.54) is 5.56 Å². The van der Waals surface area contributed by atoms with Gasteiger partial charge in [0.25, 0.3) is 0 Å². The van der Waals surface area contributed by atoms with Gasteiger partial charge >= 0.3 is 0 Å². The van der Waals surface area contributed by atoms with E-state index >= 15 is 0 Å². The lowest BCUT2D eigenvalue weighted by atomic mass is 9.96. The number of benzene rings is 2. The van der Waals surface area contributed by atoms with Crippen LogP contribution in [0.15, 0.2) is 42.5 Å². The summed E-state index contributed by atoms with van der Waals surface area (Å²) in [6.45, 7) is 4.09. The van der Waals surface area contributed by atoms with Gasteiger partial charge in [-0.1, -0.05) is 48.9 Å². The summed E-state index contributed by atoms with van der Waals surface area (Å²) in [6, 6.07) is 13.7. The third-order valence-corrected chi connectivity index (χ3v) is 3.45. The zero-order valence-electron chi connectivity index (χ0n) is 10.7. The van der Waals surface area contributed by atoms with Crippen LogP contribution >= 0.6 is 11.6 Å². The Balaban J connectivity index is 2.40. The number of rotatable bonds is 3. The van der Waals surface area contributed by atoms with Gasteiger partial charge in [-0.05, 0) is 47.7 Å². The number of hydrogen-bond donors (Lipinski definition) is 1. The smallest absolute Gasteiger partial charge is 0.104 e. The lowest BCUT2D eigenvalue weighted by Gasteiger charge is -2.15. The summed E-state index contributed by atoms with van der Waals surface area (Å²) in [5.74, 6) is 0. The van der Waals surface area contributed by atoms with Crippen molar-refractivity contribution in [3.05, 3.63) is 69.7 Å². The zero-order chi connectivity index (χ0) is 13.1. The third kappa shape index (κ3) is 2.74. The van der Waals surface area contributed by atoms with Crippen LogP contribution in [0.2, 0.25) is 5.02 Å². The van der Waals surface area contributed by atoms with Gasteiger partial charge in [0.1, 0.15) is 6.10 Å². The van der Waals surface area contributed by atoms with Gasteiger partial charge < -0.3 is 5.11 Å². The fourth-order valence-electron chi connectivity index (χ4n) is 2.07. The summed E-state index contributed by atoms with van der Waals surface area (Å²) in [4.78, 5) is 0. The van der Waals surface area contributed by atoms with E-state index in [1.807, 2.05) is 43.3 Å². The maximum Gasteiger partial charge on any atom is 0.104 e. The van der Waals surface area contributed by atoms with E-state index in [0.29, 0.717) is 5.02 Å². The van der Waals surface area contributed by atoms with Crippen LogP contribution in [0.1, 0.15) is 35.3 Å². The van der Waals surface area contributed by atoms with E-state index in [4.69, 9.17) is 11.6 Å². The number of aliphatic hydroxyl groups excluding tert-OH is 1. The number of aryl methyl sites for hydroxylation is 2. The van der Waals surface area contributed by atoms with Crippen molar-refractivity contribution in [3.8, 4) is 0 Å². The molecule has 0 heterocycles. The highest BCUT2D eigenvalue weighted by Gasteiger charge is 2.13. The first kappa shape index (κ1) is 13.1. The van der Waals surface area contributed by atoms with Gasteiger partial charge in [0.15, 0.2) is 0 Å². The van der Waals surface area contributed by atoms with E-state index in [9.17, 15) is 5.11 Å². The molecule has 1 unspecified atom stereocenters. The third-order valence-electron chi connectivity index (χ3n) is 3.21. The molecule has 0 spiro atoms. The molecule has 2 rings (SSSR count). The topological polar surface area (TPSA) is 20.2 Å². The van der Waals surface area contributed by atoms with Crippen LogP contribution in [-0.2, 0) is 6.42 Å². The zero-order valence-corrected chi connectivity index (χ0v) is 11.4. The second-order valence-corrected chi connectivity index (χ2v) is 4.94. The largest absolute Gasteiger partial charge is 0.384 e. The van der Waals surface area contributed by atoms with E-state index in [0.717, 1.165) is 23.1 Å². The highest BCUT2D eigenvalue weighted by molar-refractivity contribution is 6.30. The molecule has 2 aromatic carbocycles. The Bertz CT molecular complexity index is 549. The summed E-state index contributed by atoms with van der Waals surface area (Å²) in [7, 11) is 0. The summed E-state index contributed by atoms with van der Waals surface area (Å²) >= 11 is 6.00. The molecule has 1 atom stereocenters. The maximum absolute atomic E-state index is 10.5. The van der Waals surface area contributed by atoms with E-state index in [1.54, 1.807) is 0 Å². The van der Waals surface area contributed by atoms with Crippen LogP contribution in [0, 0.1) is 6.92 Å². The molecule has 2 aromatic rings. The molecule has 0 aromatic heterocycles. The van der Waals surface area contributed by atoms with Gasteiger partial charge in [0.05, 0.1) is 0 Å². The van der Waals surface area contributed by atoms with Crippen LogP contribution in [0.25, 0.3) is 0 Å². The molecule has 0 bridgehead atoms. The fourth-order valence-corrected chi connectivity index (χ4v) is 2.25. The fraction of sp³-hybridized carbons (Fsp3) is 0.250. The Morgan fingerprint density at radius 3 is 2.67 bits per heavy atom. The molecule has 1 N–H and O–H groups in total. The summed E-state index contributed by atoms with van der Waals surface area (Å²) in [6.07, 6.45) is 0.352. The minimum absolute atomic E-state index is 0.616. The van der Waals surface area contributed by atoms with Crippen LogP contribution in [-0.4, -0.2) is 5.11 Å². The van der Waals surface area contributed by atoms with Crippen LogP contribution in [0.3, 0.4) is 0 Å². The average molecular weight is 261 g/mol. The number of halogens is 1. The molecular formula is C16H17ClO. The number of aliphatic hydroxyl groups is 1. The van der Waals surface area contributed by atoms with Crippen molar-refractivity contribution in [1.82, 2.24) is 0 Å². The van der Waals surface area contributed by atoms with E-state index in [2.05, 4.69) is 13.0 Å². The van der Waals surface area contributed by atoms with Gasteiger partial charge in [0.2, 0.25) is 0 Å². The second-order valence-electron chi connectivity index (χ2n) is 4.50.